The number of rotatable bonds is 3. The molecular formula is C11H12ClNOS. The average molecular weight is 242 g/mol. The zero-order valence-corrected chi connectivity index (χ0v) is 10.2. The molecule has 0 aliphatic heterocycles. The van der Waals surface area contributed by atoms with Gasteiger partial charge in [0.2, 0.25) is 0 Å². The van der Waals surface area contributed by atoms with Crippen molar-refractivity contribution in [2.75, 3.05) is 7.05 Å². The minimum absolute atomic E-state index is 0.122. The van der Waals surface area contributed by atoms with Gasteiger partial charge in [0, 0.05) is 10.4 Å². The molecular weight excluding hydrogens is 230 g/mol. The molecule has 2 nitrogen and oxygen atoms in total. The Hall–Kier alpha value is -0.770. The second-order valence-electron chi connectivity index (χ2n) is 3.34. The maximum absolute atomic E-state index is 5.98. The number of furan rings is 1. The number of hydrogen-bond donors (Lipinski definition) is 1. The molecule has 15 heavy (non-hydrogen) atoms. The van der Waals surface area contributed by atoms with Gasteiger partial charge in [-0.1, -0.05) is 0 Å². The van der Waals surface area contributed by atoms with Gasteiger partial charge in [0.05, 0.1) is 12.3 Å². The van der Waals surface area contributed by atoms with Gasteiger partial charge < -0.3 is 9.73 Å². The van der Waals surface area contributed by atoms with Crippen LogP contribution in [0.2, 0.25) is 5.22 Å². The van der Waals surface area contributed by atoms with Crippen molar-refractivity contribution in [3.8, 4) is 0 Å². The largest absolute Gasteiger partial charge is 0.453 e. The van der Waals surface area contributed by atoms with Crippen LogP contribution in [0.4, 0.5) is 0 Å². The maximum atomic E-state index is 5.98. The molecule has 0 fully saturated rings. The molecule has 0 aliphatic rings. The summed E-state index contributed by atoms with van der Waals surface area (Å²) in [6.45, 7) is 2.10. The van der Waals surface area contributed by atoms with E-state index >= 15 is 0 Å². The Bertz CT molecular complexity index is 409. The summed E-state index contributed by atoms with van der Waals surface area (Å²) < 4.78 is 5.12. The van der Waals surface area contributed by atoms with Crippen LogP contribution in [0.5, 0.6) is 0 Å². The highest BCUT2D eigenvalue weighted by molar-refractivity contribution is 7.10. The molecule has 2 heterocycles. The Labute approximate surface area is 97.9 Å². The van der Waals surface area contributed by atoms with Crippen molar-refractivity contribution in [1.29, 1.82) is 0 Å². The maximum Gasteiger partial charge on any atom is 0.198 e. The lowest BCUT2D eigenvalue weighted by Crippen LogP contribution is -2.16. The van der Waals surface area contributed by atoms with Crippen molar-refractivity contribution in [3.63, 3.8) is 0 Å². The Balaban J connectivity index is 2.41. The third kappa shape index (κ3) is 1.95. The second-order valence-corrected chi connectivity index (χ2v) is 4.63. The predicted molar refractivity (Wildman–Crippen MR) is 63.7 cm³/mol. The molecule has 2 aromatic rings. The smallest absolute Gasteiger partial charge is 0.198 e. The van der Waals surface area contributed by atoms with Crippen molar-refractivity contribution < 1.29 is 4.42 Å². The lowest BCUT2D eigenvalue weighted by molar-refractivity contribution is 0.560. The fraction of sp³-hybridized carbons (Fsp3) is 0.273. The Kier molecular flexibility index (Phi) is 3.14. The minimum atomic E-state index is 0.122. The predicted octanol–water partition coefficient (Wildman–Crippen LogP) is 3.61. The highest BCUT2D eigenvalue weighted by atomic mass is 35.5. The highest BCUT2D eigenvalue weighted by Crippen LogP contribution is 2.33. The summed E-state index contributed by atoms with van der Waals surface area (Å²) in [6, 6.07) is 4.14. The Morgan fingerprint density at radius 1 is 1.47 bits per heavy atom. The molecule has 1 unspecified atom stereocenters. The molecule has 0 aromatic carbocycles. The van der Waals surface area contributed by atoms with Gasteiger partial charge in [0.1, 0.15) is 0 Å². The lowest BCUT2D eigenvalue weighted by Gasteiger charge is -2.14. The van der Waals surface area contributed by atoms with Crippen molar-refractivity contribution in [3.05, 3.63) is 45.0 Å². The zero-order valence-electron chi connectivity index (χ0n) is 8.58. The van der Waals surface area contributed by atoms with Crippen LogP contribution >= 0.6 is 22.9 Å². The molecule has 0 bridgehead atoms. The van der Waals surface area contributed by atoms with Gasteiger partial charge in [-0.3, -0.25) is 0 Å². The molecule has 1 atom stereocenters. The number of thiophene rings is 1. The van der Waals surface area contributed by atoms with E-state index in [2.05, 4.69) is 23.7 Å². The summed E-state index contributed by atoms with van der Waals surface area (Å²) in [5.74, 6) is 0. The molecule has 4 heteroatoms. The van der Waals surface area contributed by atoms with Crippen molar-refractivity contribution in [2.45, 2.75) is 13.0 Å². The second kappa shape index (κ2) is 4.39. The Morgan fingerprint density at radius 3 is 2.73 bits per heavy atom. The van der Waals surface area contributed by atoms with Crippen LogP contribution in [0, 0.1) is 6.92 Å². The third-order valence-electron chi connectivity index (χ3n) is 2.41. The van der Waals surface area contributed by atoms with Crippen LogP contribution in [0.15, 0.2) is 28.2 Å². The first kappa shape index (κ1) is 10.7. The van der Waals surface area contributed by atoms with Crippen LogP contribution in [0.25, 0.3) is 0 Å². The lowest BCUT2D eigenvalue weighted by atomic mass is 10.1. The number of nitrogens with one attached hydrogen (secondary N) is 1. The van der Waals surface area contributed by atoms with E-state index in [0.29, 0.717) is 5.22 Å². The van der Waals surface area contributed by atoms with Crippen molar-refractivity contribution in [1.82, 2.24) is 5.32 Å². The SMILES string of the molecule is CNC(c1ccoc1Cl)c1sccc1C. The quantitative estimate of drug-likeness (QED) is 0.888. The van der Waals surface area contributed by atoms with E-state index in [9.17, 15) is 0 Å². The molecule has 0 saturated carbocycles. The number of halogens is 1. The first-order chi connectivity index (χ1) is 7.24. The molecule has 0 saturated heterocycles. The third-order valence-corrected chi connectivity index (χ3v) is 3.80. The topological polar surface area (TPSA) is 25.2 Å². The standard InChI is InChI=1S/C11H12ClNOS/c1-7-4-6-15-10(7)9(13-2)8-3-5-14-11(8)12/h3-6,9,13H,1-2H3. The summed E-state index contributed by atoms with van der Waals surface area (Å²) in [5, 5.41) is 5.80. The first-order valence-corrected chi connectivity index (χ1v) is 5.94. The molecule has 2 aromatic heterocycles. The molecule has 2 rings (SSSR count). The van der Waals surface area contributed by atoms with Gasteiger partial charge in [-0.25, -0.2) is 0 Å². The van der Waals surface area contributed by atoms with Gasteiger partial charge in [-0.05, 0) is 48.6 Å². The van der Waals surface area contributed by atoms with E-state index in [1.165, 1.54) is 10.4 Å². The van der Waals surface area contributed by atoms with E-state index < -0.39 is 0 Å². The fourth-order valence-electron chi connectivity index (χ4n) is 1.62. The highest BCUT2D eigenvalue weighted by Gasteiger charge is 2.19. The molecule has 0 amide bonds. The average Bonchev–Trinajstić information content (AvgIpc) is 2.80. The molecule has 0 aliphatic carbocycles. The summed E-state index contributed by atoms with van der Waals surface area (Å²) in [7, 11) is 1.92. The Morgan fingerprint density at radius 2 is 2.27 bits per heavy atom. The fourth-order valence-corrected chi connectivity index (χ4v) is 2.90. The van der Waals surface area contributed by atoms with E-state index in [4.69, 9.17) is 16.0 Å². The van der Waals surface area contributed by atoms with Crippen LogP contribution in [0.1, 0.15) is 22.0 Å². The van der Waals surface area contributed by atoms with Crippen molar-refractivity contribution in [2.24, 2.45) is 0 Å². The van der Waals surface area contributed by atoms with Gasteiger partial charge in [0.15, 0.2) is 5.22 Å². The van der Waals surface area contributed by atoms with Crippen LogP contribution in [-0.4, -0.2) is 7.05 Å². The van der Waals surface area contributed by atoms with E-state index in [1.807, 2.05) is 13.1 Å². The minimum Gasteiger partial charge on any atom is -0.453 e. The molecule has 80 valence electrons. The van der Waals surface area contributed by atoms with Crippen LogP contribution < -0.4 is 5.32 Å². The van der Waals surface area contributed by atoms with Crippen molar-refractivity contribution >= 4 is 22.9 Å². The first-order valence-electron chi connectivity index (χ1n) is 4.68. The van der Waals surface area contributed by atoms with Gasteiger partial charge in [-0.15, -0.1) is 11.3 Å². The molecule has 1 N–H and O–H groups in total. The summed E-state index contributed by atoms with van der Waals surface area (Å²) in [4.78, 5) is 1.28. The van der Waals surface area contributed by atoms with E-state index in [0.717, 1.165) is 5.56 Å². The van der Waals surface area contributed by atoms with E-state index in [1.54, 1.807) is 17.6 Å². The molecule has 0 radical (unpaired) electrons. The van der Waals surface area contributed by atoms with Crippen LogP contribution in [-0.2, 0) is 0 Å². The molecule has 0 spiro atoms. The van der Waals surface area contributed by atoms with Gasteiger partial charge in [-0.2, -0.15) is 0 Å². The summed E-state index contributed by atoms with van der Waals surface area (Å²) in [6.07, 6.45) is 1.62. The zero-order chi connectivity index (χ0) is 10.8. The summed E-state index contributed by atoms with van der Waals surface area (Å²) >= 11 is 7.71. The van der Waals surface area contributed by atoms with E-state index in [-0.39, 0.29) is 6.04 Å². The summed E-state index contributed by atoms with van der Waals surface area (Å²) in [5.41, 5.74) is 2.27. The normalized spacial score (nSPS) is 13.0. The van der Waals surface area contributed by atoms with Gasteiger partial charge >= 0.3 is 0 Å². The number of aryl methyl sites for hydroxylation is 1. The monoisotopic (exact) mass is 241 g/mol. The number of hydrogen-bond acceptors (Lipinski definition) is 3. The van der Waals surface area contributed by atoms with Gasteiger partial charge in [0.25, 0.3) is 0 Å². The van der Waals surface area contributed by atoms with Crippen LogP contribution in [0.3, 0.4) is 0 Å².